The monoisotopic (exact) mass is 688 g/mol. The third kappa shape index (κ3) is 6.84. The van der Waals surface area contributed by atoms with E-state index in [1.807, 2.05) is 55.3 Å². The van der Waals surface area contributed by atoms with Crippen LogP contribution in [0.15, 0.2) is 77.8 Å². The number of rotatable bonds is 8. The molecule has 3 atom stereocenters. The van der Waals surface area contributed by atoms with Crippen LogP contribution in [-0.2, 0) is 10.0 Å². The molecule has 0 spiro atoms. The molecule has 0 aliphatic carbocycles. The number of aromatic nitrogens is 1. The Hall–Kier alpha value is -4.92. The number of sulfonamides is 1. The highest BCUT2D eigenvalue weighted by Crippen LogP contribution is 2.36. The summed E-state index contributed by atoms with van der Waals surface area (Å²) in [5.41, 5.74) is 0.996. The first-order valence-corrected chi connectivity index (χ1v) is 17.5. The Bertz CT molecular complexity index is 1990. The Morgan fingerprint density at radius 2 is 1.78 bits per heavy atom. The van der Waals surface area contributed by atoms with Crippen molar-refractivity contribution in [1.29, 1.82) is 0 Å². The summed E-state index contributed by atoms with van der Waals surface area (Å²) < 4.78 is 41.0. The van der Waals surface area contributed by atoms with Gasteiger partial charge in [0.15, 0.2) is 22.3 Å². The molecule has 0 saturated heterocycles. The van der Waals surface area contributed by atoms with E-state index in [0.717, 1.165) is 10.8 Å². The number of carbonyl (C=O) groups is 2. The maximum Gasteiger partial charge on any atom is 0.323 e. The number of likely N-dealkylation sites (N-methyl/N-ethyl adjacent to an activating group) is 2. The topological polar surface area (TPSA) is 154 Å². The maximum atomic E-state index is 13.9. The fourth-order valence-electron chi connectivity index (χ4n) is 6.03. The predicted molar refractivity (Wildman–Crippen MR) is 187 cm³/mol. The molecule has 2 aliphatic rings. The van der Waals surface area contributed by atoms with E-state index in [0.29, 0.717) is 30.4 Å². The molecule has 6 rings (SSSR count). The molecule has 13 nitrogen and oxygen atoms in total. The molecule has 0 unspecified atom stereocenters. The standard InChI is InChI=1S/C35H40N6O7S/c1-22-19-41(23(2)21-42)34(43)26-12-8-14-28(37-35(44)36-27-13-7-10-24-9-5-6-11-25(24)27)32(26)48-30(22)20-40(4)49(45,46)31-16-15-29-33(38-31)39(3)17-18-47-29/h5-16,22-23,30,42H,17-21H2,1-4H3,(H2,36,37,44)/t22-,23+,30+/m1/s1. The van der Waals surface area contributed by atoms with Crippen molar-refractivity contribution in [1.82, 2.24) is 14.2 Å². The van der Waals surface area contributed by atoms with Gasteiger partial charge in [-0.2, -0.15) is 4.31 Å². The number of pyridine rings is 1. The van der Waals surface area contributed by atoms with E-state index in [4.69, 9.17) is 9.47 Å². The molecule has 258 valence electrons. The van der Waals surface area contributed by atoms with E-state index < -0.39 is 34.1 Å². The summed E-state index contributed by atoms with van der Waals surface area (Å²) in [6.45, 7) is 4.46. The van der Waals surface area contributed by atoms with E-state index in [9.17, 15) is 23.1 Å². The molecular weight excluding hydrogens is 648 g/mol. The minimum Gasteiger partial charge on any atom is -0.488 e. The highest BCUT2D eigenvalue weighted by molar-refractivity contribution is 7.89. The lowest BCUT2D eigenvalue weighted by Crippen LogP contribution is -2.50. The number of urea groups is 1. The first-order valence-electron chi connectivity index (χ1n) is 16.1. The number of ether oxygens (including phenoxy) is 2. The van der Waals surface area contributed by atoms with Crippen molar-refractivity contribution in [2.75, 3.05) is 62.5 Å². The van der Waals surface area contributed by atoms with Gasteiger partial charge in [0.25, 0.3) is 15.9 Å². The minimum atomic E-state index is -4.08. The van der Waals surface area contributed by atoms with Gasteiger partial charge in [-0.3, -0.25) is 4.79 Å². The molecule has 3 N–H and O–H groups in total. The third-order valence-corrected chi connectivity index (χ3v) is 10.7. The van der Waals surface area contributed by atoms with Gasteiger partial charge in [-0.05, 0) is 42.6 Å². The largest absolute Gasteiger partial charge is 0.488 e. The zero-order valence-corrected chi connectivity index (χ0v) is 28.6. The van der Waals surface area contributed by atoms with Crippen LogP contribution in [-0.4, -0.2) is 98.7 Å². The molecule has 3 amide bonds. The summed E-state index contributed by atoms with van der Waals surface area (Å²) in [5.74, 6) is 0.276. The van der Waals surface area contributed by atoms with Crippen LogP contribution < -0.4 is 25.0 Å². The highest BCUT2D eigenvalue weighted by Gasteiger charge is 2.37. The third-order valence-electron chi connectivity index (χ3n) is 8.95. The van der Waals surface area contributed by atoms with Gasteiger partial charge in [-0.15, -0.1) is 0 Å². The normalized spacial score (nSPS) is 18.4. The number of hydrogen-bond donors (Lipinski definition) is 3. The van der Waals surface area contributed by atoms with Crippen LogP contribution in [0.1, 0.15) is 24.2 Å². The number of nitrogens with one attached hydrogen (secondary N) is 2. The number of aliphatic hydroxyl groups is 1. The van der Waals surface area contributed by atoms with Crippen molar-refractivity contribution in [2.45, 2.75) is 31.0 Å². The minimum absolute atomic E-state index is 0.0971. The molecule has 0 saturated carbocycles. The van der Waals surface area contributed by atoms with E-state index in [-0.39, 0.29) is 47.6 Å². The van der Waals surface area contributed by atoms with Crippen LogP contribution >= 0.6 is 0 Å². The van der Waals surface area contributed by atoms with E-state index >= 15 is 0 Å². The number of hydrogen-bond acceptors (Lipinski definition) is 9. The van der Waals surface area contributed by atoms with Gasteiger partial charge in [-0.1, -0.05) is 49.4 Å². The number of nitrogens with zero attached hydrogens (tertiary/aromatic N) is 4. The van der Waals surface area contributed by atoms with Crippen molar-refractivity contribution < 1.29 is 32.6 Å². The molecule has 3 heterocycles. The fourth-order valence-corrected chi connectivity index (χ4v) is 7.13. The molecule has 49 heavy (non-hydrogen) atoms. The Morgan fingerprint density at radius 3 is 2.57 bits per heavy atom. The van der Waals surface area contributed by atoms with Crippen molar-refractivity contribution in [3.05, 3.63) is 78.4 Å². The molecule has 3 aromatic carbocycles. The number of aliphatic hydroxyl groups excluding tert-OH is 1. The summed E-state index contributed by atoms with van der Waals surface area (Å²) in [6.07, 6.45) is -0.771. The van der Waals surface area contributed by atoms with Crippen LogP contribution in [0.3, 0.4) is 0 Å². The number of anilines is 3. The van der Waals surface area contributed by atoms with Crippen molar-refractivity contribution >= 4 is 49.9 Å². The van der Waals surface area contributed by atoms with Crippen molar-refractivity contribution in [3.8, 4) is 11.5 Å². The number of benzene rings is 3. The van der Waals surface area contributed by atoms with Crippen LogP contribution in [0, 0.1) is 5.92 Å². The smallest absolute Gasteiger partial charge is 0.323 e. The van der Waals surface area contributed by atoms with Crippen molar-refractivity contribution in [3.63, 3.8) is 0 Å². The van der Waals surface area contributed by atoms with Crippen LogP contribution in [0.25, 0.3) is 10.8 Å². The SMILES string of the molecule is C[C@@H]1CN([C@@H](C)CO)C(=O)c2cccc(NC(=O)Nc3cccc4ccccc34)c2O[C@H]1CN(C)S(=O)(=O)c1ccc2c(n1)N(C)CCO2. The van der Waals surface area contributed by atoms with Crippen LogP contribution in [0.4, 0.5) is 22.0 Å². The molecule has 0 fully saturated rings. The molecule has 0 bridgehead atoms. The summed E-state index contributed by atoms with van der Waals surface area (Å²) in [5, 5.41) is 17.4. The second-order valence-electron chi connectivity index (χ2n) is 12.4. The lowest BCUT2D eigenvalue weighted by molar-refractivity contribution is 0.0389. The summed E-state index contributed by atoms with van der Waals surface area (Å²) >= 11 is 0. The van der Waals surface area contributed by atoms with Gasteiger partial charge in [0, 0.05) is 31.9 Å². The maximum absolute atomic E-state index is 13.9. The Labute approximate surface area is 285 Å². The van der Waals surface area contributed by atoms with E-state index in [1.54, 1.807) is 42.2 Å². The van der Waals surface area contributed by atoms with Crippen LogP contribution in [0.2, 0.25) is 0 Å². The fraction of sp³-hybridized carbons (Fsp3) is 0.343. The lowest BCUT2D eigenvalue weighted by atomic mass is 9.99. The molecule has 0 radical (unpaired) electrons. The lowest BCUT2D eigenvalue weighted by Gasteiger charge is -2.38. The van der Waals surface area contributed by atoms with Gasteiger partial charge in [0.05, 0.1) is 42.7 Å². The van der Waals surface area contributed by atoms with E-state index in [2.05, 4.69) is 15.6 Å². The average Bonchev–Trinajstić information content (AvgIpc) is 3.09. The predicted octanol–water partition coefficient (Wildman–Crippen LogP) is 4.25. The number of fused-ring (bicyclic) bond motifs is 3. The van der Waals surface area contributed by atoms with Gasteiger partial charge in [0.2, 0.25) is 0 Å². The number of carbonyl (C=O) groups excluding carboxylic acids is 2. The summed E-state index contributed by atoms with van der Waals surface area (Å²) in [7, 11) is -0.809. The second-order valence-corrected chi connectivity index (χ2v) is 14.4. The number of para-hydroxylation sites is 1. The molecule has 2 aliphatic heterocycles. The van der Waals surface area contributed by atoms with Gasteiger partial charge < -0.3 is 35.0 Å². The van der Waals surface area contributed by atoms with Gasteiger partial charge in [-0.25, -0.2) is 18.2 Å². The second kappa shape index (κ2) is 13.9. The van der Waals surface area contributed by atoms with Gasteiger partial charge >= 0.3 is 6.03 Å². The quantitative estimate of drug-likeness (QED) is 0.247. The van der Waals surface area contributed by atoms with Gasteiger partial charge in [0.1, 0.15) is 12.7 Å². The Morgan fingerprint density at radius 1 is 1.06 bits per heavy atom. The Balaban J connectivity index is 1.31. The number of amides is 3. The zero-order valence-electron chi connectivity index (χ0n) is 27.8. The molecule has 4 aromatic rings. The molecular formula is C35H40N6O7S. The highest BCUT2D eigenvalue weighted by atomic mass is 32.2. The first kappa shape index (κ1) is 34.0. The average molecular weight is 689 g/mol. The molecule has 1 aromatic heterocycles. The van der Waals surface area contributed by atoms with E-state index in [1.165, 1.54) is 17.4 Å². The zero-order chi connectivity index (χ0) is 34.9. The summed E-state index contributed by atoms with van der Waals surface area (Å²) in [4.78, 5) is 35.1. The molecule has 14 heteroatoms. The first-order chi connectivity index (χ1) is 23.5. The summed E-state index contributed by atoms with van der Waals surface area (Å²) in [6, 6.07) is 20.0. The van der Waals surface area contributed by atoms with Crippen LogP contribution in [0.5, 0.6) is 11.5 Å². The Kier molecular flexibility index (Phi) is 9.63. The van der Waals surface area contributed by atoms with Crippen molar-refractivity contribution in [2.24, 2.45) is 5.92 Å².